The summed E-state index contributed by atoms with van der Waals surface area (Å²) in [5, 5.41) is 11.0. The molecule has 0 aliphatic rings. The maximum absolute atomic E-state index is 12.4. The van der Waals surface area contributed by atoms with Crippen LogP contribution in [-0.4, -0.2) is 12.9 Å². The Bertz CT molecular complexity index is 645. The molecular weight excluding hydrogens is 326 g/mol. The standard InChI is InChI=1S/C14H10BrNO2S/c1-18-9-6-13(19-8-9)14(17)11(7-16)10-4-2-3-5-12(10)15/h2-6,8,11H,1H3. The summed E-state index contributed by atoms with van der Waals surface area (Å²) in [6.07, 6.45) is 0. The van der Waals surface area contributed by atoms with Crippen molar-refractivity contribution in [3.63, 3.8) is 0 Å². The highest BCUT2D eigenvalue weighted by atomic mass is 79.9. The Labute approximate surface area is 123 Å². The van der Waals surface area contributed by atoms with Crippen LogP contribution in [0.2, 0.25) is 0 Å². The Morgan fingerprint density at radius 1 is 1.47 bits per heavy atom. The van der Waals surface area contributed by atoms with Crippen molar-refractivity contribution in [2.75, 3.05) is 7.11 Å². The van der Waals surface area contributed by atoms with Gasteiger partial charge >= 0.3 is 0 Å². The fraction of sp³-hybridized carbons (Fsp3) is 0.143. The van der Waals surface area contributed by atoms with Crippen LogP contribution < -0.4 is 4.74 Å². The molecule has 3 nitrogen and oxygen atoms in total. The van der Waals surface area contributed by atoms with E-state index in [1.54, 1.807) is 24.6 Å². The van der Waals surface area contributed by atoms with Crippen LogP contribution in [0.4, 0.5) is 0 Å². The number of nitrogens with zero attached hydrogens (tertiary/aromatic N) is 1. The second-order valence-electron chi connectivity index (χ2n) is 3.80. The van der Waals surface area contributed by atoms with Crippen LogP contribution in [0.1, 0.15) is 21.2 Å². The number of benzene rings is 1. The van der Waals surface area contributed by atoms with E-state index in [4.69, 9.17) is 4.74 Å². The van der Waals surface area contributed by atoms with Crippen molar-refractivity contribution >= 4 is 33.0 Å². The second kappa shape index (κ2) is 6.00. The van der Waals surface area contributed by atoms with Gasteiger partial charge in [0.15, 0.2) is 5.78 Å². The van der Waals surface area contributed by atoms with Gasteiger partial charge in [0.1, 0.15) is 11.7 Å². The van der Waals surface area contributed by atoms with E-state index in [0.29, 0.717) is 16.2 Å². The number of carbonyl (C=O) groups excluding carboxylic acids is 1. The van der Waals surface area contributed by atoms with Gasteiger partial charge in [0.25, 0.3) is 0 Å². The van der Waals surface area contributed by atoms with Crippen molar-refractivity contribution < 1.29 is 9.53 Å². The lowest BCUT2D eigenvalue weighted by Gasteiger charge is -2.09. The molecule has 1 unspecified atom stereocenters. The summed E-state index contributed by atoms with van der Waals surface area (Å²) in [4.78, 5) is 12.9. The zero-order valence-corrected chi connectivity index (χ0v) is 12.5. The monoisotopic (exact) mass is 335 g/mol. The van der Waals surface area contributed by atoms with Crippen LogP contribution in [-0.2, 0) is 0 Å². The lowest BCUT2D eigenvalue weighted by molar-refractivity contribution is 0.0982. The van der Waals surface area contributed by atoms with E-state index < -0.39 is 5.92 Å². The first kappa shape index (κ1) is 13.8. The third kappa shape index (κ3) is 2.86. The van der Waals surface area contributed by atoms with E-state index in [0.717, 1.165) is 4.47 Å². The third-order valence-corrected chi connectivity index (χ3v) is 4.31. The van der Waals surface area contributed by atoms with Gasteiger partial charge < -0.3 is 4.74 Å². The normalized spacial score (nSPS) is 11.6. The number of rotatable bonds is 4. The van der Waals surface area contributed by atoms with Gasteiger partial charge in [0.05, 0.1) is 18.1 Å². The summed E-state index contributed by atoms with van der Waals surface area (Å²) in [7, 11) is 1.55. The van der Waals surface area contributed by atoms with Gasteiger partial charge in [-0.2, -0.15) is 5.26 Å². The van der Waals surface area contributed by atoms with E-state index in [1.165, 1.54) is 11.3 Å². The van der Waals surface area contributed by atoms with Crippen molar-refractivity contribution in [2.24, 2.45) is 0 Å². The number of Topliss-reactive ketones (excluding diaryl/α,β-unsaturated/α-hetero) is 1. The lowest BCUT2D eigenvalue weighted by Crippen LogP contribution is -2.10. The number of ketones is 1. The average Bonchev–Trinajstić information content (AvgIpc) is 2.90. The van der Waals surface area contributed by atoms with Crippen molar-refractivity contribution in [3.8, 4) is 11.8 Å². The van der Waals surface area contributed by atoms with Gasteiger partial charge in [-0.25, -0.2) is 0 Å². The van der Waals surface area contributed by atoms with Crippen LogP contribution >= 0.6 is 27.3 Å². The number of carbonyl (C=O) groups is 1. The highest BCUT2D eigenvalue weighted by molar-refractivity contribution is 9.10. The van der Waals surface area contributed by atoms with Gasteiger partial charge in [-0.1, -0.05) is 34.1 Å². The molecule has 19 heavy (non-hydrogen) atoms. The molecule has 0 spiro atoms. The van der Waals surface area contributed by atoms with Crippen molar-refractivity contribution in [2.45, 2.75) is 5.92 Å². The Morgan fingerprint density at radius 2 is 2.21 bits per heavy atom. The number of ether oxygens (including phenoxy) is 1. The van der Waals surface area contributed by atoms with E-state index >= 15 is 0 Å². The number of hydrogen-bond donors (Lipinski definition) is 0. The van der Waals surface area contributed by atoms with Crippen LogP contribution in [0.25, 0.3) is 0 Å². The van der Waals surface area contributed by atoms with E-state index in [-0.39, 0.29) is 5.78 Å². The van der Waals surface area contributed by atoms with E-state index in [2.05, 4.69) is 22.0 Å². The molecular formula is C14H10BrNO2S. The summed E-state index contributed by atoms with van der Waals surface area (Å²) in [6, 6.07) is 11.0. The third-order valence-electron chi connectivity index (χ3n) is 2.66. The first-order valence-electron chi connectivity index (χ1n) is 5.48. The fourth-order valence-electron chi connectivity index (χ4n) is 1.68. The van der Waals surface area contributed by atoms with E-state index in [1.807, 2.05) is 18.2 Å². The number of nitriles is 1. The summed E-state index contributed by atoms with van der Waals surface area (Å²) < 4.78 is 5.82. The highest BCUT2D eigenvalue weighted by Gasteiger charge is 2.25. The Kier molecular flexibility index (Phi) is 4.35. The molecule has 0 bridgehead atoms. The Hall–Kier alpha value is -1.64. The molecule has 0 amide bonds. The van der Waals surface area contributed by atoms with E-state index in [9.17, 15) is 10.1 Å². The summed E-state index contributed by atoms with van der Waals surface area (Å²) in [6.45, 7) is 0. The first-order valence-corrected chi connectivity index (χ1v) is 7.15. The maximum Gasteiger partial charge on any atom is 0.194 e. The van der Waals surface area contributed by atoms with Gasteiger partial charge in [0.2, 0.25) is 0 Å². The number of thiophene rings is 1. The van der Waals surface area contributed by atoms with Crippen LogP contribution in [0.5, 0.6) is 5.75 Å². The van der Waals surface area contributed by atoms with Crippen LogP contribution in [0.15, 0.2) is 40.2 Å². The molecule has 0 saturated carbocycles. The molecule has 1 heterocycles. The molecule has 1 aromatic carbocycles. The predicted octanol–water partition coefficient (Wildman–Crippen LogP) is 4.01. The van der Waals surface area contributed by atoms with Crippen molar-refractivity contribution in [1.82, 2.24) is 0 Å². The largest absolute Gasteiger partial charge is 0.496 e. The smallest absolute Gasteiger partial charge is 0.194 e. The number of halogens is 1. The highest BCUT2D eigenvalue weighted by Crippen LogP contribution is 2.30. The predicted molar refractivity (Wildman–Crippen MR) is 77.7 cm³/mol. The topological polar surface area (TPSA) is 50.1 Å². The summed E-state index contributed by atoms with van der Waals surface area (Å²) >= 11 is 4.66. The molecule has 5 heteroatoms. The summed E-state index contributed by atoms with van der Waals surface area (Å²) in [5.41, 5.74) is 0.683. The minimum atomic E-state index is -0.807. The number of hydrogen-bond acceptors (Lipinski definition) is 4. The van der Waals surface area contributed by atoms with Gasteiger partial charge in [0, 0.05) is 15.9 Å². The molecule has 0 saturated heterocycles. The quantitative estimate of drug-likeness (QED) is 0.793. The van der Waals surface area contributed by atoms with Crippen molar-refractivity contribution in [3.05, 3.63) is 50.6 Å². The molecule has 0 radical (unpaired) electrons. The molecule has 2 rings (SSSR count). The molecule has 2 aromatic rings. The number of methoxy groups -OCH3 is 1. The minimum absolute atomic E-state index is 0.206. The van der Waals surface area contributed by atoms with Gasteiger partial charge in [-0.05, 0) is 11.6 Å². The molecule has 0 aliphatic carbocycles. The SMILES string of the molecule is COc1csc(C(=O)C(C#N)c2ccccc2Br)c1. The maximum atomic E-state index is 12.4. The molecule has 0 N–H and O–H groups in total. The molecule has 0 aliphatic heterocycles. The fourth-order valence-corrected chi connectivity index (χ4v) is 3.02. The molecule has 96 valence electrons. The Morgan fingerprint density at radius 3 is 2.79 bits per heavy atom. The van der Waals surface area contributed by atoms with Crippen LogP contribution in [0, 0.1) is 11.3 Å². The zero-order valence-electron chi connectivity index (χ0n) is 10.1. The molecule has 1 atom stereocenters. The summed E-state index contributed by atoms with van der Waals surface area (Å²) in [5.74, 6) is -0.376. The molecule has 1 aromatic heterocycles. The van der Waals surface area contributed by atoms with Crippen molar-refractivity contribution in [1.29, 1.82) is 5.26 Å². The lowest BCUT2D eigenvalue weighted by atomic mass is 9.95. The zero-order chi connectivity index (χ0) is 13.8. The Balaban J connectivity index is 2.35. The first-order chi connectivity index (χ1) is 9.17. The second-order valence-corrected chi connectivity index (χ2v) is 5.56. The molecule has 0 fully saturated rings. The van der Waals surface area contributed by atoms with Crippen LogP contribution in [0.3, 0.4) is 0 Å². The van der Waals surface area contributed by atoms with Gasteiger partial charge in [-0.3, -0.25) is 4.79 Å². The average molecular weight is 336 g/mol. The minimum Gasteiger partial charge on any atom is -0.496 e. The van der Waals surface area contributed by atoms with Gasteiger partial charge in [-0.15, -0.1) is 11.3 Å².